The molecule has 0 radical (unpaired) electrons. The predicted octanol–water partition coefficient (Wildman–Crippen LogP) is 2.63. The van der Waals surface area contributed by atoms with Crippen LogP contribution in [0.25, 0.3) is 0 Å². The normalized spacial score (nSPS) is 23.8. The molecule has 100 valence electrons. The van der Waals surface area contributed by atoms with E-state index >= 15 is 0 Å². The van der Waals surface area contributed by atoms with E-state index in [4.69, 9.17) is 28.6 Å². The van der Waals surface area contributed by atoms with E-state index in [1.54, 1.807) is 7.11 Å². The van der Waals surface area contributed by atoms with E-state index in [-0.39, 0.29) is 0 Å². The van der Waals surface area contributed by atoms with Crippen LogP contribution in [0.4, 0.5) is 0 Å². The molecular weight excluding hydrogens is 268 g/mol. The standard InChI is InChI=1S/C13H19ClN2OS/c1-17-9-11-4-2-3-10-5-7-16(8-6-14)13(18)15-12(10)11/h5,7,11H,2-4,6,8-9H2,1H3,(H,15,18). The number of hydrogen-bond acceptors (Lipinski definition) is 2. The van der Waals surface area contributed by atoms with E-state index in [0.717, 1.165) is 31.1 Å². The molecule has 1 unspecified atom stereocenters. The molecule has 5 heteroatoms. The SMILES string of the molecule is COCC1CCCC2=C1NC(=S)N(CCCl)C=C2. The van der Waals surface area contributed by atoms with Crippen LogP contribution >= 0.6 is 23.8 Å². The highest BCUT2D eigenvalue weighted by atomic mass is 35.5. The molecular formula is C13H19ClN2OS. The van der Waals surface area contributed by atoms with Gasteiger partial charge >= 0.3 is 0 Å². The molecule has 0 fully saturated rings. The lowest BCUT2D eigenvalue weighted by Gasteiger charge is -2.28. The molecule has 1 heterocycles. The first-order chi connectivity index (χ1) is 8.76. The van der Waals surface area contributed by atoms with Crippen LogP contribution in [0.3, 0.4) is 0 Å². The highest BCUT2D eigenvalue weighted by Gasteiger charge is 2.25. The molecule has 18 heavy (non-hydrogen) atoms. The van der Waals surface area contributed by atoms with Gasteiger partial charge in [-0.1, -0.05) is 0 Å². The van der Waals surface area contributed by atoms with Crippen molar-refractivity contribution in [2.45, 2.75) is 19.3 Å². The summed E-state index contributed by atoms with van der Waals surface area (Å²) in [6.45, 7) is 1.48. The maximum Gasteiger partial charge on any atom is 0.177 e. The van der Waals surface area contributed by atoms with E-state index in [9.17, 15) is 0 Å². The van der Waals surface area contributed by atoms with Crippen molar-refractivity contribution in [3.63, 3.8) is 0 Å². The molecule has 1 N–H and O–H groups in total. The summed E-state index contributed by atoms with van der Waals surface area (Å²) in [4.78, 5) is 1.99. The van der Waals surface area contributed by atoms with Crippen LogP contribution in [-0.4, -0.2) is 36.2 Å². The van der Waals surface area contributed by atoms with Gasteiger partial charge in [-0.05, 0) is 43.1 Å². The Morgan fingerprint density at radius 1 is 1.61 bits per heavy atom. The summed E-state index contributed by atoms with van der Waals surface area (Å²) in [5.41, 5.74) is 2.59. The predicted molar refractivity (Wildman–Crippen MR) is 78.5 cm³/mol. The van der Waals surface area contributed by atoms with Crippen molar-refractivity contribution >= 4 is 28.9 Å². The van der Waals surface area contributed by atoms with Crippen molar-refractivity contribution in [3.05, 3.63) is 23.5 Å². The zero-order valence-electron chi connectivity index (χ0n) is 10.6. The van der Waals surface area contributed by atoms with Crippen LogP contribution in [-0.2, 0) is 4.74 Å². The topological polar surface area (TPSA) is 24.5 Å². The molecule has 2 aliphatic rings. The Bertz CT molecular complexity index is 381. The molecule has 1 aliphatic carbocycles. The minimum Gasteiger partial charge on any atom is -0.384 e. The molecule has 0 saturated heterocycles. The lowest BCUT2D eigenvalue weighted by atomic mass is 9.87. The Hall–Kier alpha value is -0.580. The van der Waals surface area contributed by atoms with Gasteiger partial charge in [-0.3, -0.25) is 0 Å². The van der Waals surface area contributed by atoms with Gasteiger partial charge in [0.25, 0.3) is 0 Å². The fourth-order valence-corrected chi connectivity index (χ4v) is 2.95. The summed E-state index contributed by atoms with van der Waals surface area (Å²) in [6.07, 6.45) is 7.67. The molecule has 0 aromatic carbocycles. The van der Waals surface area contributed by atoms with Gasteiger partial charge in [0.05, 0.1) is 6.61 Å². The van der Waals surface area contributed by atoms with Gasteiger partial charge in [0, 0.05) is 37.3 Å². The van der Waals surface area contributed by atoms with Crippen molar-refractivity contribution in [1.29, 1.82) is 0 Å². The van der Waals surface area contributed by atoms with Crippen molar-refractivity contribution in [2.24, 2.45) is 5.92 Å². The first kappa shape index (κ1) is 13.8. The van der Waals surface area contributed by atoms with E-state index in [1.165, 1.54) is 17.7 Å². The van der Waals surface area contributed by atoms with E-state index in [1.807, 2.05) is 11.1 Å². The number of rotatable bonds is 4. The molecule has 1 atom stereocenters. The zero-order valence-corrected chi connectivity index (χ0v) is 12.2. The Balaban J connectivity index is 2.18. The molecule has 0 amide bonds. The third-order valence-corrected chi connectivity index (χ3v) is 3.91. The van der Waals surface area contributed by atoms with Crippen LogP contribution in [0.15, 0.2) is 23.5 Å². The monoisotopic (exact) mass is 286 g/mol. The van der Waals surface area contributed by atoms with E-state index in [0.29, 0.717) is 11.8 Å². The Labute approximate surface area is 119 Å². The molecule has 0 aromatic rings. The number of methoxy groups -OCH3 is 1. The number of alkyl halides is 1. The zero-order chi connectivity index (χ0) is 13.0. The number of ether oxygens (including phenoxy) is 1. The summed E-state index contributed by atoms with van der Waals surface area (Å²) in [7, 11) is 1.75. The average molecular weight is 287 g/mol. The van der Waals surface area contributed by atoms with Crippen LogP contribution in [0.2, 0.25) is 0 Å². The van der Waals surface area contributed by atoms with Crippen LogP contribution in [0, 0.1) is 5.92 Å². The van der Waals surface area contributed by atoms with Crippen molar-refractivity contribution < 1.29 is 4.74 Å². The van der Waals surface area contributed by atoms with Gasteiger partial charge in [-0.15, -0.1) is 11.6 Å². The molecule has 0 saturated carbocycles. The molecule has 2 rings (SSSR count). The summed E-state index contributed by atoms with van der Waals surface area (Å²) in [5.74, 6) is 0.996. The number of allylic oxidation sites excluding steroid dienone is 2. The smallest absolute Gasteiger partial charge is 0.177 e. The second-order valence-electron chi connectivity index (χ2n) is 4.61. The van der Waals surface area contributed by atoms with Gasteiger partial charge in [0.2, 0.25) is 0 Å². The first-order valence-corrected chi connectivity index (χ1v) is 7.24. The third kappa shape index (κ3) is 3.05. The Morgan fingerprint density at radius 2 is 2.44 bits per heavy atom. The second-order valence-corrected chi connectivity index (χ2v) is 5.38. The highest BCUT2D eigenvalue weighted by molar-refractivity contribution is 7.80. The fourth-order valence-electron chi connectivity index (χ4n) is 2.51. The van der Waals surface area contributed by atoms with Gasteiger partial charge in [-0.2, -0.15) is 0 Å². The van der Waals surface area contributed by atoms with E-state index in [2.05, 4.69) is 11.4 Å². The fraction of sp³-hybridized carbons (Fsp3) is 0.615. The van der Waals surface area contributed by atoms with Crippen LogP contribution in [0.1, 0.15) is 19.3 Å². The minimum absolute atomic E-state index is 0.428. The quantitative estimate of drug-likeness (QED) is 0.634. The lowest BCUT2D eigenvalue weighted by molar-refractivity contribution is 0.156. The van der Waals surface area contributed by atoms with E-state index < -0.39 is 0 Å². The highest BCUT2D eigenvalue weighted by Crippen LogP contribution is 2.31. The number of halogens is 1. The van der Waals surface area contributed by atoms with Gasteiger partial charge < -0.3 is 15.0 Å². The molecule has 3 nitrogen and oxygen atoms in total. The van der Waals surface area contributed by atoms with Crippen molar-refractivity contribution in [1.82, 2.24) is 10.2 Å². The largest absolute Gasteiger partial charge is 0.384 e. The molecule has 0 spiro atoms. The average Bonchev–Trinajstić information content (AvgIpc) is 2.52. The van der Waals surface area contributed by atoms with Gasteiger partial charge in [0.1, 0.15) is 0 Å². The number of nitrogens with zero attached hydrogens (tertiary/aromatic N) is 1. The summed E-state index contributed by atoms with van der Waals surface area (Å²) >= 11 is 11.2. The number of nitrogens with one attached hydrogen (secondary N) is 1. The van der Waals surface area contributed by atoms with Crippen molar-refractivity contribution in [2.75, 3.05) is 26.1 Å². The maximum absolute atomic E-state index is 5.79. The number of hydrogen-bond donors (Lipinski definition) is 1. The summed E-state index contributed by atoms with van der Waals surface area (Å²) < 4.78 is 5.30. The second kappa shape index (κ2) is 6.55. The van der Waals surface area contributed by atoms with Crippen molar-refractivity contribution in [3.8, 4) is 0 Å². The molecule has 0 bridgehead atoms. The van der Waals surface area contributed by atoms with Crippen LogP contribution < -0.4 is 5.32 Å². The van der Waals surface area contributed by atoms with Gasteiger partial charge in [0.15, 0.2) is 5.11 Å². The maximum atomic E-state index is 5.79. The van der Waals surface area contributed by atoms with Crippen LogP contribution in [0.5, 0.6) is 0 Å². The summed E-state index contributed by atoms with van der Waals surface area (Å²) in [5, 5.41) is 4.12. The first-order valence-electron chi connectivity index (χ1n) is 6.30. The number of thiocarbonyl (C=S) groups is 1. The third-order valence-electron chi connectivity index (χ3n) is 3.40. The molecule has 1 aliphatic heterocycles. The Kier molecular flexibility index (Phi) is 5.03. The Morgan fingerprint density at radius 3 is 3.17 bits per heavy atom. The summed E-state index contributed by atoms with van der Waals surface area (Å²) in [6, 6.07) is 0. The lowest BCUT2D eigenvalue weighted by Crippen LogP contribution is -2.38. The van der Waals surface area contributed by atoms with Gasteiger partial charge in [-0.25, -0.2) is 0 Å². The minimum atomic E-state index is 0.428. The molecule has 0 aromatic heterocycles.